The molecule has 0 saturated heterocycles. The molecule has 1 atom stereocenters. The van der Waals surface area contributed by atoms with Crippen LogP contribution < -0.4 is 4.74 Å². The molecule has 0 spiro atoms. The molecular weight excluding hydrogens is 369 g/mol. The summed E-state index contributed by atoms with van der Waals surface area (Å²) >= 11 is 0. The molecule has 0 saturated carbocycles. The van der Waals surface area contributed by atoms with Crippen molar-refractivity contribution in [2.75, 3.05) is 19.7 Å². The lowest BCUT2D eigenvalue weighted by Crippen LogP contribution is -2.38. The molecule has 1 unspecified atom stereocenters. The molecule has 0 radical (unpaired) electrons. The first kappa shape index (κ1) is 19.4. The van der Waals surface area contributed by atoms with E-state index in [0.717, 1.165) is 25.1 Å². The van der Waals surface area contributed by atoms with Gasteiger partial charge in [-0.25, -0.2) is 4.39 Å². The van der Waals surface area contributed by atoms with E-state index in [1.54, 1.807) is 12.1 Å². The van der Waals surface area contributed by atoms with Crippen LogP contribution in [0.4, 0.5) is 4.39 Å². The Bertz CT molecular complexity index is 991. The van der Waals surface area contributed by atoms with Crippen molar-refractivity contribution in [1.29, 1.82) is 0 Å². The number of hydrogen-bond donors (Lipinski definition) is 2. The van der Waals surface area contributed by atoms with Crippen LogP contribution in [0, 0.1) is 5.82 Å². The van der Waals surface area contributed by atoms with Crippen LogP contribution in [0.2, 0.25) is 0 Å². The molecular formula is C24H24FNO3. The number of nitrogens with zero attached hydrogens (tertiary/aromatic N) is 1. The summed E-state index contributed by atoms with van der Waals surface area (Å²) in [6.45, 7) is 2.51. The second-order valence-corrected chi connectivity index (χ2v) is 7.41. The van der Waals surface area contributed by atoms with Crippen LogP contribution >= 0.6 is 0 Å². The average Bonchev–Trinajstić information content (AvgIpc) is 2.74. The van der Waals surface area contributed by atoms with Crippen molar-refractivity contribution in [2.24, 2.45) is 0 Å². The number of hydrogen-bond acceptors (Lipinski definition) is 4. The maximum Gasteiger partial charge on any atom is 0.165 e. The summed E-state index contributed by atoms with van der Waals surface area (Å²) in [7, 11) is 0. The standard InChI is InChI=1S/C24H24FNO3/c25-23-13-19(8-9-24(23)28)18-6-3-7-22(12-18)29-16-21(27)15-26-11-10-17-4-1-2-5-20(17)14-26/h1-9,12-13,21,27-28H,10-11,14-16H2. The minimum atomic E-state index is -0.660. The molecule has 1 aliphatic rings. The van der Waals surface area contributed by atoms with Gasteiger partial charge in [0.1, 0.15) is 18.5 Å². The Balaban J connectivity index is 1.34. The zero-order valence-electron chi connectivity index (χ0n) is 16.1. The van der Waals surface area contributed by atoms with Crippen LogP contribution in [0.25, 0.3) is 11.1 Å². The number of halogens is 1. The Morgan fingerprint density at radius 1 is 0.966 bits per heavy atom. The van der Waals surface area contributed by atoms with E-state index in [2.05, 4.69) is 29.2 Å². The SMILES string of the molecule is Oc1ccc(-c2cccc(OCC(O)CN3CCc4ccccc4C3)c2)cc1F. The monoisotopic (exact) mass is 393 g/mol. The lowest BCUT2D eigenvalue weighted by molar-refractivity contribution is 0.0638. The summed E-state index contributed by atoms with van der Waals surface area (Å²) < 4.78 is 19.4. The molecule has 150 valence electrons. The fourth-order valence-corrected chi connectivity index (χ4v) is 3.71. The van der Waals surface area contributed by atoms with Crippen molar-refractivity contribution in [3.05, 3.63) is 83.7 Å². The Labute approximate surface area is 169 Å². The predicted molar refractivity (Wildman–Crippen MR) is 110 cm³/mol. The highest BCUT2D eigenvalue weighted by Gasteiger charge is 2.18. The molecule has 4 nitrogen and oxygen atoms in total. The Hall–Kier alpha value is -2.89. The minimum Gasteiger partial charge on any atom is -0.505 e. The molecule has 5 heteroatoms. The maximum absolute atomic E-state index is 13.6. The van der Waals surface area contributed by atoms with Crippen molar-refractivity contribution in [3.8, 4) is 22.6 Å². The molecule has 1 heterocycles. The van der Waals surface area contributed by atoms with E-state index in [1.165, 1.54) is 23.3 Å². The van der Waals surface area contributed by atoms with Gasteiger partial charge < -0.3 is 14.9 Å². The van der Waals surface area contributed by atoms with Gasteiger partial charge in [0.15, 0.2) is 11.6 Å². The van der Waals surface area contributed by atoms with Crippen LogP contribution in [0.3, 0.4) is 0 Å². The van der Waals surface area contributed by atoms with E-state index in [0.29, 0.717) is 17.9 Å². The van der Waals surface area contributed by atoms with Gasteiger partial charge in [-0.05, 0) is 52.9 Å². The highest BCUT2D eigenvalue weighted by atomic mass is 19.1. The molecule has 3 aromatic carbocycles. The van der Waals surface area contributed by atoms with E-state index >= 15 is 0 Å². The molecule has 1 aliphatic heterocycles. The second-order valence-electron chi connectivity index (χ2n) is 7.41. The minimum absolute atomic E-state index is 0.186. The second kappa shape index (κ2) is 8.64. The third kappa shape index (κ3) is 4.75. The van der Waals surface area contributed by atoms with E-state index in [9.17, 15) is 14.6 Å². The number of rotatable bonds is 6. The normalized spacial score (nSPS) is 15.0. The average molecular weight is 393 g/mol. The first-order chi connectivity index (χ1) is 14.1. The number of β-amino-alcohol motifs (C(OH)–C–C–N with tert-alkyl or cyclic N) is 1. The summed E-state index contributed by atoms with van der Waals surface area (Å²) in [4.78, 5) is 2.24. The number of aliphatic hydroxyl groups is 1. The summed E-state index contributed by atoms with van der Waals surface area (Å²) in [6.07, 6.45) is 0.393. The van der Waals surface area contributed by atoms with Crippen LogP contribution in [0.5, 0.6) is 11.5 Å². The topological polar surface area (TPSA) is 52.9 Å². The molecule has 29 heavy (non-hydrogen) atoms. The summed E-state index contributed by atoms with van der Waals surface area (Å²) in [5.74, 6) is -0.420. The zero-order chi connectivity index (χ0) is 20.2. The molecule has 3 aromatic rings. The number of phenolic OH excluding ortho intramolecular Hbond substituents is 1. The van der Waals surface area contributed by atoms with Gasteiger partial charge in [0.2, 0.25) is 0 Å². The number of ether oxygens (including phenoxy) is 1. The van der Waals surface area contributed by atoms with Crippen molar-refractivity contribution in [2.45, 2.75) is 19.1 Å². The summed E-state index contributed by atoms with van der Waals surface area (Å²) in [5, 5.41) is 19.8. The zero-order valence-corrected chi connectivity index (χ0v) is 16.1. The van der Waals surface area contributed by atoms with E-state index in [-0.39, 0.29) is 12.4 Å². The van der Waals surface area contributed by atoms with E-state index < -0.39 is 11.9 Å². The van der Waals surface area contributed by atoms with Crippen molar-refractivity contribution < 1.29 is 19.3 Å². The van der Waals surface area contributed by atoms with Crippen LogP contribution in [0.1, 0.15) is 11.1 Å². The third-order valence-electron chi connectivity index (χ3n) is 5.24. The number of benzene rings is 3. The Kier molecular flexibility index (Phi) is 5.79. The molecule has 0 bridgehead atoms. The summed E-state index contributed by atoms with van der Waals surface area (Å²) in [5.41, 5.74) is 4.14. The summed E-state index contributed by atoms with van der Waals surface area (Å²) in [6, 6.07) is 20.0. The fourth-order valence-electron chi connectivity index (χ4n) is 3.71. The number of fused-ring (bicyclic) bond motifs is 1. The van der Waals surface area contributed by atoms with Gasteiger partial charge in [-0.2, -0.15) is 0 Å². The largest absolute Gasteiger partial charge is 0.505 e. The number of phenols is 1. The van der Waals surface area contributed by atoms with Gasteiger partial charge in [-0.1, -0.05) is 42.5 Å². The van der Waals surface area contributed by atoms with Crippen LogP contribution in [-0.4, -0.2) is 40.9 Å². The molecule has 0 aliphatic carbocycles. The fraction of sp³-hybridized carbons (Fsp3) is 0.250. The van der Waals surface area contributed by atoms with Gasteiger partial charge in [0.25, 0.3) is 0 Å². The van der Waals surface area contributed by atoms with Crippen molar-refractivity contribution >= 4 is 0 Å². The first-order valence-corrected chi connectivity index (χ1v) is 9.77. The Morgan fingerprint density at radius 2 is 1.76 bits per heavy atom. The van der Waals surface area contributed by atoms with Crippen molar-refractivity contribution in [3.63, 3.8) is 0 Å². The number of aliphatic hydroxyl groups excluding tert-OH is 1. The van der Waals surface area contributed by atoms with E-state index in [1.807, 2.05) is 18.2 Å². The molecule has 0 fully saturated rings. The lowest BCUT2D eigenvalue weighted by Gasteiger charge is -2.30. The van der Waals surface area contributed by atoms with Crippen LogP contribution in [-0.2, 0) is 13.0 Å². The maximum atomic E-state index is 13.6. The van der Waals surface area contributed by atoms with E-state index in [4.69, 9.17) is 4.74 Å². The van der Waals surface area contributed by atoms with Gasteiger partial charge in [-0.3, -0.25) is 4.90 Å². The highest BCUT2D eigenvalue weighted by molar-refractivity contribution is 5.65. The smallest absolute Gasteiger partial charge is 0.165 e. The lowest BCUT2D eigenvalue weighted by atomic mass is 10.00. The first-order valence-electron chi connectivity index (χ1n) is 9.77. The Morgan fingerprint density at radius 3 is 2.59 bits per heavy atom. The van der Waals surface area contributed by atoms with Gasteiger partial charge in [0, 0.05) is 19.6 Å². The quantitative estimate of drug-likeness (QED) is 0.665. The van der Waals surface area contributed by atoms with Gasteiger partial charge in [-0.15, -0.1) is 0 Å². The number of aromatic hydroxyl groups is 1. The van der Waals surface area contributed by atoms with Crippen LogP contribution in [0.15, 0.2) is 66.7 Å². The molecule has 2 N–H and O–H groups in total. The molecule has 4 rings (SSSR count). The van der Waals surface area contributed by atoms with Gasteiger partial charge >= 0.3 is 0 Å². The van der Waals surface area contributed by atoms with Crippen molar-refractivity contribution in [1.82, 2.24) is 4.90 Å². The van der Waals surface area contributed by atoms with Gasteiger partial charge in [0.05, 0.1) is 0 Å². The third-order valence-corrected chi connectivity index (χ3v) is 5.24. The molecule has 0 aromatic heterocycles. The highest BCUT2D eigenvalue weighted by Crippen LogP contribution is 2.27. The predicted octanol–water partition coefficient (Wildman–Crippen LogP) is 4.00. The molecule has 0 amide bonds.